The summed E-state index contributed by atoms with van der Waals surface area (Å²) in [6.07, 6.45) is 1.07. The lowest BCUT2D eigenvalue weighted by atomic mass is 9.99. The van der Waals surface area contributed by atoms with Gasteiger partial charge in [-0.1, -0.05) is 20.3 Å². The third kappa shape index (κ3) is 8.62. The van der Waals surface area contributed by atoms with Gasteiger partial charge in [-0.25, -0.2) is 4.79 Å². The number of nitrogens with one attached hydrogen (secondary N) is 2. The van der Waals surface area contributed by atoms with Crippen molar-refractivity contribution >= 4 is 23.7 Å². The Labute approximate surface area is 152 Å². The fourth-order valence-electron chi connectivity index (χ4n) is 2.01. The topological polar surface area (TPSA) is 206 Å². The molecule has 4 atom stereocenters. The molecule has 11 nitrogen and oxygen atoms in total. The minimum atomic E-state index is -1.29. The normalized spacial score (nSPS) is 15.2. The molecule has 0 saturated carbocycles. The molecular weight excluding hydrogens is 344 g/mol. The maximum absolute atomic E-state index is 12.2. The van der Waals surface area contributed by atoms with E-state index in [2.05, 4.69) is 15.6 Å². The van der Waals surface area contributed by atoms with Crippen LogP contribution in [-0.4, -0.2) is 65.2 Å². The van der Waals surface area contributed by atoms with Crippen LogP contribution in [0.1, 0.15) is 33.1 Å². The molecule has 0 saturated heterocycles. The zero-order valence-electron chi connectivity index (χ0n) is 15.1. The van der Waals surface area contributed by atoms with E-state index in [1.807, 2.05) is 6.92 Å². The summed E-state index contributed by atoms with van der Waals surface area (Å²) in [6, 6.07) is -3.33. The molecule has 0 aromatic rings. The number of guanidine groups is 1. The molecule has 0 aliphatic rings. The highest BCUT2D eigenvalue weighted by Gasteiger charge is 2.28. The van der Waals surface area contributed by atoms with Gasteiger partial charge in [-0.15, -0.1) is 0 Å². The molecule has 0 radical (unpaired) electrons. The van der Waals surface area contributed by atoms with Crippen LogP contribution in [0.25, 0.3) is 0 Å². The van der Waals surface area contributed by atoms with Gasteiger partial charge in [0.25, 0.3) is 0 Å². The van der Waals surface area contributed by atoms with Crippen LogP contribution >= 0.6 is 0 Å². The van der Waals surface area contributed by atoms with Crippen molar-refractivity contribution in [3.05, 3.63) is 0 Å². The second kappa shape index (κ2) is 12.0. The highest BCUT2D eigenvalue weighted by molar-refractivity contribution is 5.91. The van der Waals surface area contributed by atoms with E-state index in [0.29, 0.717) is 12.8 Å². The number of hydrogen-bond acceptors (Lipinski definition) is 6. The number of carbonyl (C=O) groups excluding carboxylic acids is 2. The Morgan fingerprint density at radius 3 is 2.15 bits per heavy atom. The molecular formula is C15H30N6O5. The monoisotopic (exact) mass is 374 g/mol. The van der Waals surface area contributed by atoms with Crippen LogP contribution in [-0.2, 0) is 14.4 Å². The van der Waals surface area contributed by atoms with Crippen molar-refractivity contribution in [2.75, 3.05) is 13.2 Å². The van der Waals surface area contributed by atoms with E-state index < -0.39 is 42.5 Å². The van der Waals surface area contributed by atoms with E-state index in [0.717, 1.165) is 0 Å². The van der Waals surface area contributed by atoms with Crippen LogP contribution in [0.15, 0.2) is 4.99 Å². The largest absolute Gasteiger partial charge is 0.480 e. The van der Waals surface area contributed by atoms with Crippen LogP contribution in [0, 0.1) is 5.92 Å². The first kappa shape index (κ1) is 23.6. The van der Waals surface area contributed by atoms with Crippen LogP contribution in [0.2, 0.25) is 0 Å². The Morgan fingerprint density at radius 2 is 1.69 bits per heavy atom. The van der Waals surface area contributed by atoms with Gasteiger partial charge in [0.05, 0.1) is 12.6 Å². The number of nitrogens with zero attached hydrogens (tertiary/aromatic N) is 1. The van der Waals surface area contributed by atoms with Crippen LogP contribution in [0.4, 0.5) is 0 Å². The summed E-state index contributed by atoms with van der Waals surface area (Å²) in [6.45, 7) is 3.18. The van der Waals surface area contributed by atoms with Gasteiger partial charge >= 0.3 is 5.97 Å². The number of aliphatic carboxylic acids is 1. The van der Waals surface area contributed by atoms with Gasteiger partial charge in [0.15, 0.2) is 5.96 Å². The third-order valence-electron chi connectivity index (χ3n) is 3.94. The lowest BCUT2D eigenvalue weighted by Gasteiger charge is -2.23. The van der Waals surface area contributed by atoms with Crippen molar-refractivity contribution in [1.29, 1.82) is 0 Å². The van der Waals surface area contributed by atoms with Gasteiger partial charge in [-0.05, 0) is 18.8 Å². The first-order valence-corrected chi connectivity index (χ1v) is 8.39. The van der Waals surface area contributed by atoms with Gasteiger partial charge in [0.1, 0.15) is 12.1 Å². The van der Waals surface area contributed by atoms with E-state index in [-0.39, 0.29) is 24.8 Å². The number of carboxylic acids is 1. The standard InChI is InChI=1S/C15H30N6O5/c1-3-8(2)11(16)13(24)21-10(7-22)12(23)20-9(14(25)26)5-4-6-19-15(17)18/h8-11,22H,3-7,16H2,1-2H3,(H,20,23)(H,21,24)(H,25,26)(H4,17,18,19). The summed E-state index contributed by atoms with van der Waals surface area (Å²) in [5.41, 5.74) is 16.1. The Morgan fingerprint density at radius 1 is 1.12 bits per heavy atom. The number of nitrogens with two attached hydrogens (primary N) is 3. The first-order chi connectivity index (χ1) is 12.1. The zero-order chi connectivity index (χ0) is 20.3. The maximum Gasteiger partial charge on any atom is 0.326 e. The van der Waals surface area contributed by atoms with Crippen molar-refractivity contribution in [3.8, 4) is 0 Å². The molecule has 0 spiro atoms. The van der Waals surface area contributed by atoms with E-state index in [1.165, 1.54) is 0 Å². The number of carboxylic acid groups (broad SMARTS) is 1. The average molecular weight is 374 g/mol. The number of carbonyl (C=O) groups is 3. The molecule has 0 aliphatic carbocycles. The van der Waals surface area contributed by atoms with Crippen molar-refractivity contribution in [2.24, 2.45) is 28.1 Å². The quantitative estimate of drug-likeness (QED) is 0.110. The van der Waals surface area contributed by atoms with Gasteiger partial charge in [0.2, 0.25) is 11.8 Å². The number of amides is 2. The van der Waals surface area contributed by atoms with E-state index >= 15 is 0 Å². The number of aliphatic hydroxyl groups is 1. The average Bonchev–Trinajstić information content (AvgIpc) is 2.59. The number of hydrogen-bond donors (Lipinski definition) is 7. The van der Waals surface area contributed by atoms with Crippen LogP contribution in [0.5, 0.6) is 0 Å². The number of rotatable bonds is 12. The molecule has 0 aromatic heterocycles. The molecule has 4 unspecified atom stereocenters. The fourth-order valence-corrected chi connectivity index (χ4v) is 2.01. The number of aliphatic imine (C=N–C) groups is 1. The zero-order valence-corrected chi connectivity index (χ0v) is 15.1. The predicted octanol–water partition coefficient (Wildman–Crippen LogP) is -2.54. The second-order valence-corrected chi connectivity index (χ2v) is 6.00. The lowest BCUT2D eigenvalue weighted by molar-refractivity contribution is -0.142. The highest BCUT2D eigenvalue weighted by atomic mass is 16.4. The Balaban J connectivity index is 4.74. The molecule has 26 heavy (non-hydrogen) atoms. The Kier molecular flexibility index (Phi) is 10.9. The van der Waals surface area contributed by atoms with Gasteiger partial charge in [-0.3, -0.25) is 14.6 Å². The minimum absolute atomic E-state index is 0.0797. The Bertz CT molecular complexity index is 509. The summed E-state index contributed by atoms with van der Waals surface area (Å²) < 4.78 is 0. The van der Waals surface area contributed by atoms with Crippen molar-refractivity contribution < 1.29 is 24.6 Å². The molecule has 11 heteroatoms. The molecule has 150 valence electrons. The third-order valence-corrected chi connectivity index (χ3v) is 3.94. The Hall–Kier alpha value is -2.40. The molecule has 0 rings (SSSR count). The van der Waals surface area contributed by atoms with Gasteiger partial charge in [0, 0.05) is 6.54 Å². The predicted molar refractivity (Wildman–Crippen MR) is 95.9 cm³/mol. The second-order valence-electron chi connectivity index (χ2n) is 6.00. The van der Waals surface area contributed by atoms with Crippen molar-refractivity contribution in [1.82, 2.24) is 10.6 Å². The fraction of sp³-hybridized carbons (Fsp3) is 0.733. The minimum Gasteiger partial charge on any atom is -0.480 e. The number of aliphatic hydroxyl groups excluding tert-OH is 1. The van der Waals surface area contributed by atoms with Gasteiger partial charge in [-0.2, -0.15) is 0 Å². The molecule has 0 heterocycles. The smallest absolute Gasteiger partial charge is 0.326 e. The summed E-state index contributed by atoms with van der Waals surface area (Å²) in [5.74, 6) is -2.87. The van der Waals surface area contributed by atoms with E-state index in [9.17, 15) is 24.6 Å². The summed E-state index contributed by atoms with van der Waals surface area (Å²) >= 11 is 0. The maximum atomic E-state index is 12.2. The first-order valence-electron chi connectivity index (χ1n) is 8.39. The highest BCUT2D eigenvalue weighted by Crippen LogP contribution is 2.06. The summed E-state index contributed by atoms with van der Waals surface area (Å²) in [4.78, 5) is 39.2. The van der Waals surface area contributed by atoms with Crippen molar-refractivity contribution in [3.63, 3.8) is 0 Å². The molecule has 10 N–H and O–H groups in total. The van der Waals surface area contributed by atoms with Crippen LogP contribution in [0.3, 0.4) is 0 Å². The molecule has 0 bridgehead atoms. The molecule has 0 fully saturated rings. The lowest BCUT2D eigenvalue weighted by Crippen LogP contribution is -2.56. The van der Waals surface area contributed by atoms with E-state index in [4.69, 9.17) is 17.2 Å². The molecule has 2 amide bonds. The van der Waals surface area contributed by atoms with Crippen molar-refractivity contribution in [2.45, 2.75) is 51.2 Å². The van der Waals surface area contributed by atoms with Crippen LogP contribution < -0.4 is 27.8 Å². The molecule has 0 aromatic carbocycles. The van der Waals surface area contributed by atoms with E-state index in [1.54, 1.807) is 6.92 Å². The summed E-state index contributed by atoms with van der Waals surface area (Å²) in [7, 11) is 0. The van der Waals surface area contributed by atoms with Gasteiger partial charge < -0.3 is 38.0 Å². The SMILES string of the molecule is CCC(C)C(N)C(=O)NC(CO)C(=O)NC(CCCN=C(N)N)C(=O)O. The molecule has 0 aliphatic heterocycles. The summed E-state index contributed by atoms with van der Waals surface area (Å²) in [5, 5.41) is 23.1.